The summed E-state index contributed by atoms with van der Waals surface area (Å²) in [5.74, 6) is 1.69. The smallest absolute Gasteiger partial charge is 0.240 e. The predicted molar refractivity (Wildman–Crippen MR) is 74.4 cm³/mol. The molecular formula is C15H20N2O3. The second kappa shape index (κ2) is 4.66. The number of ether oxygens (including phenoxy) is 2. The molecule has 1 aromatic carbocycles. The third-order valence-electron chi connectivity index (χ3n) is 4.16. The topological polar surface area (TPSA) is 73.6 Å². The number of rotatable bonds is 4. The first-order valence-corrected chi connectivity index (χ1v) is 6.98. The molecule has 2 atom stereocenters. The summed E-state index contributed by atoms with van der Waals surface area (Å²) >= 11 is 0. The van der Waals surface area contributed by atoms with Gasteiger partial charge in [0.05, 0.1) is 11.6 Å². The Hall–Kier alpha value is -1.75. The Balaban J connectivity index is 1.70. The van der Waals surface area contributed by atoms with Gasteiger partial charge < -0.3 is 20.5 Å². The molecule has 1 heterocycles. The summed E-state index contributed by atoms with van der Waals surface area (Å²) in [4.78, 5) is 12.3. The summed E-state index contributed by atoms with van der Waals surface area (Å²) < 4.78 is 10.6. The van der Waals surface area contributed by atoms with E-state index in [-0.39, 0.29) is 18.7 Å². The lowest BCUT2D eigenvalue weighted by Gasteiger charge is -2.26. The van der Waals surface area contributed by atoms with E-state index in [1.54, 1.807) is 0 Å². The Morgan fingerprint density at radius 3 is 2.80 bits per heavy atom. The van der Waals surface area contributed by atoms with Crippen LogP contribution in [0.3, 0.4) is 0 Å². The Labute approximate surface area is 118 Å². The van der Waals surface area contributed by atoms with Crippen LogP contribution in [0.1, 0.15) is 38.3 Å². The monoisotopic (exact) mass is 276 g/mol. The van der Waals surface area contributed by atoms with E-state index >= 15 is 0 Å². The van der Waals surface area contributed by atoms with Gasteiger partial charge in [-0.05, 0) is 50.3 Å². The molecule has 1 aromatic rings. The molecule has 20 heavy (non-hydrogen) atoms. The molecule has 2 aliphatic rings. The summed E-state index contributed by atoms with van der Waals surface area (Å²) in [6, 6.07) is 5.59. The van der Waals surface area contributed by atoms with Crippen LogP contribution in [-0.4, -0.2) is 18.2 Å². The second-order valence-corrected chi connectivity index (χ2v) is 5.86. The molecule has 1 aliphatic heterocycles. The Bertz CT molecular complexity index is 538. The standard InChI is InChI=1S/C15H20N2O3/c1-9(17-14(18)15(2,16)11-4-5-11)10-3-6-12-13(7-10)20-8-19-12/h3,6-7,9,11H,4-5,8,16H2,1-2H3,(H,17,18). The second-order valence-electron chi connectivity index (χ2n) is 5.86. The first-order valence-electron chi connectivity index (χ1n) is 6.98. The fourth-order valence-electron chi connectivity index (χ4n) is 2.49. The number of hydrogen-bond donors (Lipinski definition) is 2. The van der Waals surface area contributed by atoms with Crippen molar-refractivity contribution >= 4 is 5.91 Å². The largest absolute Gasteiger partial charge is 0.454 e. The quantitative estimate of drug-likeness (QED) is 0.878. The minimum absolute atomic E-state index is 0.0924. The van der Waals surface area contributed by atoms with Crippen LogP contribution in [-0.2, 0) is 4.79 Å². The van der Waals surface area contributed by atoms with Gasteiger partial charge in [-0.3, -0.25) is 4.79 Å². The maximum Gasteiger partial charge on any atom is 0.240 e. The van der Waals surface area contributed by atoms with Crippen molar-refractivity contribution in [3.63, 3.8) is 0 Å². The maximum absolute atomic E-state index is 12.3. The third-order valence-corrected chi connectivity index (χ3v) is 4.16. The van der Waals surface area contributed by atoms with Gasteiger partial charge in [-0.25, -0.2) is 0 Å². The van der Waals surface area contributed by atoms with Gasteiger partial charge in [-0.15, -0.1) is 0 Å². The van der Waals surface area contributed by atoms with E-state index in [4.69, 9.17) is 15.2 Å². The summed E-state index contributed by atoms with van der Waals surface area (Å²) in [5.41, 5.74) is 6.33. The number of fused-ring (bicyclic) bond motifs is 1. The number of hydrogen-bond acceptors (Lipinski definition) is 4. The Kier molecular flexibility index (Phi) is 3.09. The highest BCUT2D eigenvalue weighted by Crippen LogP contribution is 2.38. The molecule has 108 valence electrons. The molecule has 1 aliphatic carbocycles. The van der Waals surface area contributed by atoms with Gasteiger partial charge in [0.15, 0.2) is 11.5 Å². The van der Waals surface area contributed by atoms with E-state index in [0.717, 1.165) is 29.9 Å². The molecule has 0 bridgehead atoms. The molecule has 5 nitrogen and oxygen atoms in total. The molecule has 1 saturated carbocycles. The van der Waals surface area contributed by atoms with E-state index in [1.165, 1.54) is 0 Å². The van der Waals surface area contributed by atoms with Crippen molar-refractivity contribution in [3.05, 3.63) is 23.8 Å². The fraction of sp³-hybridized carbons (Fsp3) is 0.533. The predicted octanol–water partition coefficient (Wildman–Crippen LogP) is 1.72. The molecule has 2 unspecified atom stereocenters. The zero-order valence-corrected chi connectivity index (χ0v) is 11.8. The van der Waals surface area contributed by atoms with Gasteiger partial charge >= 0.3 is 0 Å². The lowest BCUT2D eigenvalue weighted by atomic mass is 9.95. The molecule has 1 amide bonds. The van der Waals surface area contributed by atoms with Crippen molar-refractivity contribution in [3.8, 4) is 11.5 Å². The van der Waals surface area contributed by atoms with Crippen LogP contribution in [0, 0.1) is 5.92 Å². The van der Waals surface area contributed by atoms with Gasteiger partial charge in [0.1, 0.15) is 0 Å². The van der Waals surface area contributed by atoms with Gasteiger partial charge in [0, 0.05) is 0 Å². The lowest BCUT2D eigenvalue weighted by molar-refractivity contribution is -0.127. The van der Waals surface area contributed by atoms with Crippen LogP contribution < -0.4 is 20.5 Å². The van der Waals surface area contributed by atoms with E-state index in [9.17, 15) is 4.79 Å². The van der Waals surface area contributed by atoms with Gasteiger partial charge in [-0.2, -0.15) is 0 Å². The number of carbonyl (C=O) groups is 1. The summed E-state index contributed by atoms with van der Waals surface area (Å²) in [5, 5.41) is 2.99. The molecule has 3 rings (SSSR count). The van der Waals surface area contributed by atoms with Crippen molar-refractivity contribution in [1.29, 1.82) is 0 Å². The highest BCUT2D eigenvalue weighted by Gasteiger charge is 2.44. The molecule has 0 spiro atoms. The third kappa shape index (κ3) is 2.33. The molecule has 3 N–H and O–H groups in total. The normalized spacial score (nSPS) is 21.1. The summed E-state index contributed by atoms with van der Waals surface area (Å²) in [6.45, 7) is 4.01. The SMILES string of the molecule is CC(NC(=O)C(C)(N)C1CC1)c1ccc2c(c1)OCO2. The van der Waals surface area contributed by atoms with E-state index in [2.05, 4.69) is 5.32 Å². The van der Waals surface area contributed by atoms with Crippen molar-refractivity contribution < 1.29 is 14.3 Å². The fourth-order valence-corrected chi connectivity index (χ4v) is 2.49. The average molecular weight is 276 g/mol. The van der Waals surface area contributed by atoms with Crippen LogP contribution in [0.5, 0.6) is 11.5 Å². The van der Waals surface area contributed by atoms with Crippen molar-refractivity contribution in [1.82, 2.24) is 5.32 Å². The van der Waals surface area contributed by atoms with Crippen LogP contribution >= 0.6 is 0 Å². The number of carbonyl (C=O) groups excluding carboxylic acids is 1. The summed E-state index contributed by atoms with van der Waals surface area (Å²) in [6.07, 6.45) is 2.08. The van der Waals surface area contributed by atoms with Crippen molar-refractivity contribution in [2.75, 3.05) is 6.79 Å². The van der Waals surface area contributed by atoms with Crippen LogP contribution in [0.25, 0.3) is 0 Å². The maximum atomic E-state index is 12.3. The van der Waals surface area contributed by atoms with Gasteiger partial charge in [0.25, 0.3) is 0 Å². The first kappa shape index (κ1) is 13.2. The number of benzene rings is 1. The zero-order chi connectivity index (χ0) is 14.3. The Morgan fingerprint density at radius 1 is 1.40 bits per heavy atom. The van der Waals surface area contributed by atoms with E-state index < -0.39 is 5.54 Å². The molecule has 0 radical (unpaired) electrons. The van der Waals surface area contributed by atoms with Crippen molar-refractivity contribution in [2.45, 2.75) is 38.3 Å². The molecule has 0 aromatic heterocycles. The van der Waals surface area contributed by atoms with E-state index in [0.29, 0.717) is 5.92 Å². The first-order chi connectivity index (χ1) is 9.48. The highest BCUT2D eigenvalue weighted by molar-refractivity contribution is 5.86. The Morgan fingerprint density at radius 2 is 2.10 bits per heavy atom. The van der Waals surface area contributed by atoms with Crippen LogP contribution in [0.15, 0.2) is 18.2 Å². The van der Waals surface area contributed by atoms with Crippen LogP contribution in [0.4, 0.5) is 0 Å². The lowest BCUT2D eigenvalue weighted by Crippen LogP contribution is -2.53. The number of nitrogens with two attached hydrogens (primary N) is 1. The van der Waals surface area contributed by atoms with Crippen LogP contribution in [0.2, 0.25) is 0 Å². The van der Waals surface area contributed by atoms with Gasteiger partial charge in [-0.1, -0.05) is 6.07 Å². The van der Waals surface area contributed by atoms with E-state index in [1.807, 2.05) is 32.0 Å². The number of amides is 1. The molecular weight excluding hydrogens is 256 g/mol. The molecule has 1 fully saturated rings. The zero-order valence-electron chi connectivity index (χ0n) is 11.8. The average Bonchev–Trinajstić information content (AvgIpc) is 3.17. The molecule has 0 saturated heterocycles. The molecule has 5 heteroatoms. The van der Waals surface area contributed by atoms with Gasteiger partial charge in [0.2, 0.25) is 12.7 Å². The minimum Gasteiger partial charge on any atom is -0.454 e. The highest BCUT2D eigenvalue weighted by atomic mass is 16.7. The summed E-state index contributed by atoms with van der Waals surface area (Å²) in [7, 11) is 0. The minimum atomic E-state index is -0.773. The van der Waals surface area contributed by atoms with Crippen molar-refractivity contribution in [2.24, 2.45) is 11.7 Å². The number of nitrogens with one attached hydrogen (secondary N) is 1.